The molecule has 0 aliphatic rings. The van der Waals surface area contributed by atoms with Gasteiger partial charge in [-0.25, -0.2) is 0 Å². The molecule has 4 heteroatoms. The second-order valence-electron chi connectivity index (χ2n) is 5.42. The summed E-state index contributed by atoms with van der Waals surface area (Å²) in [7, 11) is 0. The fourth-order valence-electron chi connectivity index (χ4n) is 2.32. The summed E-state index contributed by atoms with van der Waals surface area (Å²) in [6.45, 7) is 3.23. The maximum absolute atomic E-state index is 12.9. The van der Waals surface area contributed by atoms with E-state index in [1.165, 1.54) is 13.0 Å². The number of rotatable bonds is 3. The van der Waals surface area contributed by atoms with Gasteiger partial charge in [0.05, 0.1) is 5.56 Å². The van der Waals surface area contributed by atoms with Crippen molar-refractivity contribution in [2.24, 2.45) is 0 Å². The Labute approximate surface area is 133 Å². The van der Waals surface area contributed by atoms with Gasteiger partial charge in [-0.15, -0.1) is 6.42 Å². The van der Waals surface area contributed by atoms with E-state index < -0.39 is 11.7 Å². The molecule has 0 heterocycles. The fourth-order valence-corrected chi connectivity index (χ4v) is 2.32. The summed E-state index contributed by atoms with van der Waals surface area (Å²) >= 11 is 0. The molecule has 0 spiro atoms. The molecule has 118 valence electrons. The van der Waals surface area contributed by atoms with Crippen LogP contribution in [0.2, 0.25) is 0 Å². The van der Waals surface area contributed by atoms with Gasteiger partial charge in [0.25, 0.3) is 0 Å². The Morgan fingerprint density at radius 2 is 1.74 bits per heavy atom. The fraction of sp³-hybridized carbons (Fsp3) is 0.211. The van der Waals surface area contributed by atoms with E-state index in [9.17, 15) is 18.0 Å². The van der Waals surface area contributed by atoms with Gasteiger partial charge in [-0.05, 0) is 42.7 Å². The first-order valence-electron chi connectivity index (χ1n) is 6.99. The van der Waals surface area contributed by atoms with Crippen molar-refractivity contribution in [3.63, 3.8) is 0 Å². The van der Waals surface area contributed by atoms with Crippen molar-refractivity contribution >= 4 is 5.78 Å². The van der Waals surface area contributed by atoms with Gasteiger partial charge in [0, 0.05) is 17.5 Å². The van der Waals surface area contributed by atoms with Crippen LogP contribution in [0.15, 0.2) is 36.4 Å². The number of carbonyl (C=O) groups excluding carboxylic acids is 1. The van der Waals surface area contributed by atoms with Gasteiger partial charge in [0.15, 0.2) is 5.78 Å². The third-order valence-corrected chi connectivity index (χ3v) is 3.69. The quantitative estimate of drug-likeness (QED) is 0.591. The van der Waals surface area contributed by atoms with E-state index >= 15 is 0 Å². The molecule has 0 N–H and O–H groups in total. The molecule has 0 atom stereocenters. The van der Waals surface area contributed by atoms with Crippen LogP contribution in [0, 0.1) is 26.2 Å². The minimum Gasteiger partial charge on any atom is -0.294 e. The van der Waals surface area contributed by atoms with E-state index in [4.69, 9.17) is 6.42 Å². The molecular formula is C19H15F3O. The lowest BCUT2D eigenvalue weighted by molar-refractivity contribution is -0.138. The molecule has 0 aliphatic heterocycles. The highest BCUT2D eigenvalue weighted by Gasteiger charge is 2.32. The summed E-state index contributed by atoms with van der Waals surface area (Å²) in [5.41, 5.74) is 1.64. The standard InChI is InChI=1S/C19H15F3O/c1-4-15-11-16(8-6-12(15)2)18(23)10-14-7-5-13(3)17(9-14)19(20,21)22/h1,5-9,11H,10H2,2-3H3. The summed E-state index contributed by atoms with van der Waals surface area (Å²) in [5, 5.41) is 0. The van der Waals surface area contributed by atoms with E-state index in [0.29, 0.717) is 16.7 Å². The summed E-state index contributed by atoms with van der Waals surface area (Å²) in [6.07, 6.45) is 0.843. The number of benzene rings is 2. The van der Waals surface area contributed by atoms with E-state index in [1.54, 1.807) is 24.3 Å². The SMILES string of the molecule is C#Cc1cc(C(=O)Cc2ccc(C)c(C(F)(F)F)c2)ccc1C. The zero-order valence-electron chi connectivity index (χ0n) is 12.8. The molecule has 0 aliphatic carbocycles. The van der Waals surface area contributed by atoms with E-state index in [2.05, 4.69) is 5.92 Å². The summed E-state index contributed by atoms with van der Waals surface area (Å²) in [5.74, 6) is 2.22. The molecule has 1 nitrogen and oxygen atoms in total. The van der Waals surface area contributed by atoms with Crippen LogP contribution in [0.1, 0.15) is 38.2 Å². The summed E-state index contributed by atoms with van der Waals surface area (Å²) in [4.78, 5) is 12.3. The molecule has 0 radical (unpaired) electrons. The largest absolute Gasteiger partial charge is 0.416 e. The Balaban J connectivity index is 2.29. The predicted molar refractivity (Wildman–Crippen MR) is 83.3 cm³/mol. The van der Waals surface area contributed by atoms with Crippen molar-refractivity contribution in [3.8, 4) is 12.3 Å². The van der Waals surface area contributed by atoms with Gasteiger partial charge in [-0.2, -0.15) is 13.2 Å². The van der Waals surface area contributed by atoms with Crippen molar-refractivity contribution in [2.45, 2.75) is 26.4 Å². The van der Waals surface area contributed by atoms with Gasteiger partial charge in [0.2, 0.25) is 0 Å². The van der Waals surface area contributed by atoms with Gasteiger partial charge < -0.3 is 0 Å². The van der Waals surface area contributed by atoms with Crippen LogP contribution < -0.4 is 0 Å². The minimum absolute atomic E-state index is 0.101. The first-order valence-corrected chi connectivity index (χ1v) is 6.99. The smallest absolute Gasteiger partial charge is 0.294 e. The third-order valence-electron chi connectivity index (χ3n) is 3.69. The topological polar surface area (TPSA) is 17.1 Å². The minimum atomic E-state index is -4.43. The molecule has 0 aromatic heterocycles. The molecule has 0 fully saturated rings. The van der Waals surface area contributed by atoms with Crippen LogP contribution in [0.25, 0.3) is 0 Å². The first-order chi connectivity index (χ1) is 10.7. The van der Waals surface area contributed by atoms with E-state index in [1.807, 2.05) is 6.92 Å². The van der Waals surface area contributed by atoms with Gasteiger partial charge in [-0.1, -0.05) is 30.2 Å². The number of alkyl halides is 3. The molecule has 0 unspecified atom stereocenters. The molecule has 0 saturated carbocycles. The van der Waals surface area contributed by atoms with Crippen LogP contribution in [-0.2, 0) is 12.6 Å². The Hall–Kier alpha value is -2.54. The number of aryl methyl sites for hydroxylation is 2. The van der Waals surface area contributed by atoms with Crippen LogP contribution in [0.3, 0.4) is 0 Å². The number of hydrogen-bond acceptors (Lipinski definition) is 1. The third kappa shape index (κ3) is 3.81. The monoisotopic (exact) mass is 316 g/mol. The molecule has 0 bridgehead atoms. The molecule has 2 aromatic carbocycles. The molecule has 2 aromatic rings. The van der Waals surface area contributed by atoms with Crippen molar-refractivity contribution in [2.75, 3.05) is 0 Å². The van der Waals surface area contributed by atoms with Crippen molar-refractivity contribution < 1.29 is 18.0 Å². The Bertz CT molecular complexity index is 795. The average molecular weight is 316 g/mol. The lowest BCUT2D eigenvalue weighted by atomic mass is 9.97. The molecule has 0 saturated heterocycles. The maximum Gasteiger partial charge on any atom is 0.416 e. The van der Waals surface area contributed by atoms with Crippen molar-refractivity contribution in [1.29, 1.82) is 0 Å². The molecular weight excluding hydrogens is 301 g/mol. The number of ketones is 1. The molecule has 2 rings (SSSR count). The van der Waals surface area contributed by atoms with Gasteiger partial charge >= 0.3 is 6.18 Å². The van der Waals surface area contributed by atoms with Crippen molar-refractivity contribution in [3.05, 3.63) is 69.8 Å². The summed E-state index contributed by atoms with van der Waals surface area (Å²) < 4.78 is 38.8. The van der Waals surface area contributed by atoms with Crippen LogP contribution in [0.5, 0.6) is 0 Å². The normalized spacial score (nSPS) is 11.1. The molecule has 0 amide bonds. The Morgan fingerprint density at radius 3 is 2.35 bits per heavy atom. The van der Waals surface area contributed by atoms with Gasteiger partial charge in [-0.3, -0.25) is 4.79 Å². The van der Waals surface area contributed by atoms with E-state index in [0.717, 1.165) is 11.6 Å². The second-order valence-corrected chi connectivity index (χ2v) is 5.42. The lowest BCUT2D eigenvalue weighted by Crippen LogP contribution is -2.10. The van der Waals surface area contributed by atoms with Crippen molar-refractivity contribution in [1.82, 2.24) is 0 Å². The highest BCUT2D eigenvalue weighted by molar-refractivity contribution is 5.98. The van der Waals surface area contributed by atoms with Crippen LogP contribution in [0.4, 0.5) is 13.2 Å². The zero-order valence-corrected chi connectivity index (χ0v) is 12.8. The molecule has 23 heavy (non-hydrogen) atoms. The number of halogens is 3. The number of Topliss-reactive ketones (excluding diaryl/α,β-unsaturated/α-hetero) is 1. The van der Waals surface area contributed by atoms with E-state index in [-0.39, 0.29) is 17.8 Å². The number of terminal acetylenes is 1. The van der Waals surface area contributed by atoms with Crippen LogP contribution in [-0.4, -0.2) is 5.78 Å². The van der Waals surface area contributed by atoms with Crippen LogP contribution >= 0.6 is 0 Å². The number of carbonyl (C=O) groups is 1. The average Bonchev–Trinajstić information content (AvgIpc) is 2.48. The highest BCUT2D eigenvalue weighted by Crippen LogP contribution is 2.32. The lowest BCUT2D eigenvalue weighted by Gasteiger charge is -2.12. The highest BCUT2D eigenvalue weighted by atomic mass is 19.4. The Kier molecular flexibility index (Phi) is 4.60. The first kappa shape index (κ1) is 16.8. The second kappa shape index (κ2) is 6.29. The maximum atomic E-state index is 12.9. The Morgan fingerprint density at radius 1 is 1.09 bits per heavy atom. The summed E-state index contributed by atoms with van der Waals surface area (Å²) in [6, 6.07) is 8.92. The zero-order chi connectivity index (χ0) is 17.2. The predicted octanol–water partition coefficient (Wildman–Crippen LogP) is 4.73. The van der Waals surface area contributed by atoms with Gasteiger partial charge in [0.1, 0.15) is 0 Å². The number of hydrogen-bond donors (Lipinski definition) is 0.